The highest BCUT2D eigenvalue weighted by atomic mass is 16.6. The van der Waals surface area contributed by atoms with Crippen LogP contribution in [0, 0.1) is 10.1 Å². The second-order valence-corrected chi connectivity index (χ2v) is 5.54. The molecule has 0 fully saturated rings. The van der Waals surface area contributed by atoms with Gasteiger partial charge < -0.3 is 5.32 Å². The lowest BCUT2D eigenvalue weighted by Gasteiger charge is -2.08. The Morgan fingerprint density at radius 2 is 1.96 bits per heavy atom. The minimum absolute atomic E-state index is 0.0307. The monoisotopic (exact) mass is 369 g/mol. The summed E-state index contributed by atoms with van der Waals surface area (Å²) in [6.45, 7) is 0.396. The second kappa shape index (κ2) is 7.99. The van der Waals surface area contributed by atoms with Crippen molar-refractivity contribution in [1.82, 2.24) is 29.9 Å². The highest BCUT2D eigenvalue weighted by Crippen LogP contribution is 2.12. The maximum Gasteiger partial charge on any atom is 0.269 e. The number of amides is 1. The molecule has 0 radical (unpaired) electrons. The molecule has 2 heterocycles. The highest BCUT2D eigenvalue weighted by Gasteiger charge is 2.08. The number of rotatable bonds is 7. The van der Waals surface area contributed by atoms with E-state index >= 15 is 0 Å². The molecule has 3 rings (SSSR count). The van der Waals surface area contributed by atoms with E-state index in [1.807, 2.05) is 0 Å². The van der Waals surface area contributed by atoms with Crippen molar-refractivity contribution in [2.45, 2.75) is 13.0 Å². The van der Waals surface area contributed by atoms with Gasteiger partial charge in [0.2, 0.25) is 5.91 Å². The minimum Gasteiger partial charge on any atom is -0.354 e. The first kappa shape index (κ1) is 17.9. The Balaban J connectivity index is 1.55. The molecule has 3 aromatic rings. The van der Waals surface area contributed by atoms with E-state index in [2.05, 4.69) is 20.5 Å². The molecule has 2 aromatic heterocycles. The lowest BCUT2D eigenvalue weighted by molar-refractivity contribution is -0.384. The van der Waals surface area contributed by atoms with Crippen LogP contribution in [0.5, 0.6) is 0 Å². The summed E-state index contributed by atoms with van der Waals surface area (Å²) in [7, 11) is 0. The fourth-order valence-electron chi connectivity index (χ4n) is 2.33. The van der Waals surface area contributed by atoms with Gasteiger partial charge in [0, 0.05) is 24.7 Å². The molecule has 0 saturated carbocycles. The number of hydrogen-bond donors (Lipinski definition) is 1. The topological polar surface area (TPSA) is 138 Å². The molecule has 0 unspecified atom stereocenters. The van der Waals surface area contributed by atoms with E-state index in [1.54, 1.807) is 0 Å². The molecular weight excluding hydrogens is 354 g/mol. The minimum atomic E-state index is -0.498. The van der Waals surface area contributed by atoms with Crippen molar-refractivity contribution in [3.05, 3.63) is 75.1 Å². The van der Waals surface area contributed by atoms with Crippen LogP contribution >= 0.6 is 0 Å². The van der Waals surface area contributed by atoms with Gasteiger partial charge in [-0.25, -0.2) is 14.3 Å². The normalized spacial score (nSPS) is 10.5. The molecule has 0 saturated heterocycles. The maximum atomic E-state index is 12.0. The largest absolute Gasteiger partial charge is 0.354 e. The van der Waals surface area contributed by atoms with Crippen molar-refractivity contribution >= 4 is 11.6 Å². The lowest BCUT2D eigenvalue weighted by Crippen LogP contribution is -2.33. The summed E-state index contributed by atoms with van der Waals surface area (Å²) in [5, 5.41) is 21.4. The number of nitro benzene ring substituents is 1. The van der Waals surface area contributed by atoms with Gasteiger partial charge in [0.25, 0.3) is 11.2 Å². The molecule has 0 bridgehead atoms. The third-order valence-corrected chi connectivity index (χ3v) is 3.66. The van der Waals surface area contributed by atoms with Crippen LogP contribution < -0.4 is 10.9 Å². The lowest BCUT2D eigenvalue weighted by atomic mass is 10.1. The molecule has 138 valence electrons. The average molecular weight is 369 g/mol. The van der Waals surface area contributed by atoms with Crippen LogP contribution in [0.25, 0.3) is 5.82 Å². The second-order valence-electron chi connectivity index (χ2n) is 5.54. The van der Waals surface area contributed by atoms with Crippen molar-refractivity contribution in [2.75, 3.05) is 6.54 Å². The molecule has 1 N–H and O–H groups in total. The van der Waals surface area contributed by atoms with Crippen LogP contribution in [0.1, 0.15) is 5.56 Å². The van der Waals surface area contributed by atoms with E-state index in [0.29, 0.717) is 11.4 Å². The molecule has 27 heavy (non-hydrogen) atoms. The summed E-state index contributed by atoms with van der Waals surface area (Å²) in [5.74, 6) is 0.175. The predicted molar refractivity (Wildman–Crippen MR) is 93.2 cm³/mol. The smallest absolute Gasteiger partial charge is 0.269 e. The van der Waals surface area contributed by atoms with E-state index in [4.69, 9.17) is 0 Å². The first-order valence-corrected chi connectivity index (χ1v) is 7.96. The van der Waals surface area contributed by atoms with Gasteiger partial charge in [-0.3, -0.25) is 19.7 Å². The van der Waals surface area contributed by atoms with Gasteiger partial charge in [-0.2, -0.15) is 5.10 Å². The predicted octanol–water partition coefficient (Wildman–Crippen LogP) is 0.0911. The van der Waals surface area contributed by atoms with Gasteiger partial charge in [-0.05, 0) is 11.6 Å². The molecule has 0 aliphatic carbocycles. The van der Waals surface area contributed by atoms with Crippen LogP contribution in [-0.4, -0.2) is 41.9 Å². The summed E-state index contributed by atoms with van der Waals surface area (Å²) in [6, 6.07) is 8.66. The van der Waals surface area contributed by atoms with Crippen LogP contribution in [-0.2, 0) is 17.8 Å². The molecular formula is C16H15N7O4. The number of non-ortho nitro benzene ring substituents is 1. The van der Waals surface area contributed by atoms with Gasteiger partial charge >= 0.3 is 0 Å². The van der Waals surface area contributed by atoms with Crippen molar-refractivity contribution in [3.8, 4) is 5.82 Å². The van der Waals surface area contributed by atoms with Gasteiger partial charge in [-0.15, -0.1) is 5.10 Å². The van der Waals surface area contributed by atoms with Crippen molar-refractivity contribution in [2.24, 2.45) is 0 Å². The Hall–Kier alpha value is -3.89. The Kier molecular flexibility index (Phi) is 5.30. The molecule has 0 aliphatic rings. The van der Waals surface area contributed by atoms with Crippen LogP contribution in [0.3, 0.4) is 0 Å². The Morgan fingerprint density at radius 1 is 1.19 bits per heavy atom. The third kappa shape index (κ3) is 4.60. The average Bonchev–Trinajstić information content (AvgIpc) is 3.18. The van der Waals surface area contributed by atoms with E-state index in [-0.39, 0.29) is 36.7 Å². The number of benzene rings is 1. The number of nitrogens with zero attached hydrogens (tertiary/aromatic N) is 6. The summed E-state index contributed by atoms with van der Waals surface area (Å²) in [5.41, 5.74) is 0.321. The number of hydrogen-bond acceptors (Lipinski definition) is 7. The van der Waals surface area contributed by atoms with Crippen LogP contribution in [0.2, 0.25) is 0 Å². The first-order chi connectivity index (χ1) is 13.0. The van der Waals surface area contributed by atoms with E-state index in [9.17, 15) is 19.7 Å². The van der Waals surface area contributed by atoms with E-state index in [1.165, 1.54) is 58.4 Å². The quantitative estimate of drug-likeness (QED) is 0.460. The molecule has 1 amide bonds. The first-order valence-electron chi connectivity index (χ1n) is 7.96. The van der Waals surface area contributed by atoms with Crippen LogP contribution in [0.4, 0.5) is 5.69 Å². The number of nitrogens with one attached hydrogen (secondary N) is 1. The molecule has 1 aromatic carbocycles. The zero-order chi connectivity index (χ0) is 19.2. The van der Waals surface area contributed by atoms with Crippen molar-refractivity contribution in [1.29, 1.82) is 0 Å². The van der Waals surface area contributed by atoms with E-state index in [0.717, 1.165) is 0 Å². The zero-order valence-electron chi connectivity index (χ0n) is 14.1. The number of aromatic nitrogens is 5. The zero-order valence-corrected chi connectivity index (χ0v) is 14.1. The van der Waals surface area contributed by atoms with Crippen molar-refractivity contribution in [3.63, 3.8) is 0 Å². The highest BCUT2D eigenvalue weighted by molar-refractivity contribution is 5.78. The summed E-state index contributed by atoms with van der Waals surface area (Å²) in [4.78, 5) is 37.8. The molecule has 11 nitrogen and oxygen atoms in total. The molecule has 11 heteroatoms. The number of carbonyl (C=O) groups is 1. The fraction of sp³-hybridized carbons (Fsp3) is 0.188. The number of carbonyl (C=O) groups excluding carboxylic acids is 1. The number of nitro groups is 1. The third-order valence-electron chi connectivity index (χ3n) is 3.66. The van der Waals surface area contributed by atoms with Gasteiger partial charge in [0.15, 0.2) is 5.82 Å². The summed E-state index contributed by atoms with van der Waals surface area (Å²) >= 11 is 0. The molecule has 0 spiro atoms. The van der Waals surface area contributed by atoms with Crippen molar-refractivity contribution < 1.29 is 9.72 Å². The van der Waals surface area contributed by atoms with Gasteiger partial charge in [-0.1, -0.05) is 12.1 Å². The summed E-state index contributed by atoms with van der Waals surface area (Å²) < 4.78 is 2.65. The van der Waals surface area contributed by atoms with Gasteiger partial charge in [0.05, 0.1) is 17.9 Å². The molecule has 0 aliphatic heterocycles. The SMILES string of the molecule is O=C(Cc1ccc([N+](=O)[O-])cc1)NCCn1nc(-n2cncn2)ccc1=O. The van der Waals surface area contributed by atoms with E-state index < -0.39 is 4.92 Å². The van der Waals surface area contributed by atoms with Crippen LogP contribution in [0.15, 0.2) is 53.8 Å². The Labute approximate surface area is 152 Å². The Morgan fingerprint density at radius 3 is 2.63 bits per heavy atom. The standard InChI is InChI=1S/C16H15N7O4/c24-15(9-12-1-3-13(4-2-12)23(26)27)18-7-8-21-16(25)6-5-14(20-21)22-11-17-10-19-22/h1-6,10-11H,7-9H2,(H,18,24). The van der Waals surface area contributed by atoms with Gasteiger partial charge in [0.1, 0.15) is 12.7 Å². The maximum absolute atomic E-state index is 12.0. The Bertz CT molecular complexity index is 996. The summed E-state index contributed by atoms with van der Waals surface area (Å²) in [6.07, 6.45) is 2.90. The fourth-order valence-corrected chi connectivity index (χ4v) is 2.33. The molecule has 0 atom stereocenters.